The zero-order chi connectivity index (χ0) is 16.0. The maximum Gasteiger partial charge on any atom is 0.224 e. The van der Waals surface area contributed by atoms with Crippen molar-refractivity contribution in [2.24, 2.45) is 0 Å². The summed E-state index contributed by atoms with van der Waals surface area (Å²) in [5.74, 6) is -0.797. The number of anilines is 1. The van der Waals surface area contributed by atoms with Crippen LogP contribution in [0.2, 0.25) is 5.02 Å². The zero-order valence-corrected chi connectivity index (χ0v) is 13.9. The van der Waals surface area contributed by atoms with Crippen LogP contribution in [0.4, 0.5) is 10.1 Å². The van der Waals surface area contributed by atoms with Gasteiger partial charge in [0, 0.05) is 17.9 Å². The smallest absolute Gasteiger partial charge is 0.224 e. The van der Waals surface area contributed by atoms with E-state index in [-0.39, 0.29) is 22.7 Å². The van der Waals surface area contributed by atoms with Crippen LogP contribution < -0.4 is 5.32 Å². The average molecular weight is 332 g/mol. The first-order chi connectivity index (χ1) is 9.83. The lowest BCUT2D eigenvalue weighted by molar-refractivity contribution is -0.116. The minimum Gasteiger partial charge on any atom is -0.484 e. The lowest BCUT2D eigenvalue weighted by Crippen LogP contribution is -2.14. The van der Waals surface area contributed by atoms with Gasteiger partial charge in [-0.2, -0.15) is 0 Å². The lowest BCUT2D eigenvalue weighted by atomic mass is 10.1. The molecule has 0 aromatic heterocycles. The first-order valence-corrected chi connectivity index (χ1v) is 7.59. The van der Waals surface area contributed by atoms with E-state index >= 15 is 0 Å². The van der Waals surface area contributed by atoms with Gasteiger partial charge >= 0.3 is 0 Å². The van der Waals surface area contributed by atoms with Crippen molar-refractivity contribution < 1.29 is 13.9 Å². The van der Waals surface area contributed by atoms with E-state index in [0.29, 0.717) is 29.9 Å². The molecule has 0 radical (unpaired) electrons. The number of hydrogen-bond donors (Lipinski definition) is 1. The highest BCUT2D eigenvalue weighted by atomic mass is 35.5. The number of ether oxygens (including phenoxy) is 1. The Bertz CT molecular complexity index is 535. The summed E-state index contributed by atoms with van der Waals surface area (Å²) in [5, 5.41) is 3.18. The molecule has 0 saturated heterocycles. The highest BCUT2D eigenvalue weighted by molar-refractivity contribution is 7.80. The number of hydrogen-bond acceptors (Lipinski definition) is 3. The van der Waals surface area contributed by atoms with Gasteiger partial charge in [-0.3, -0.25) is 4.79 Å². The number of thiocarbonyl (C=S) groups is 1. The molecule has 1 aromatic rings. The van der Waals surface area contributed by atoms with Crippen molar-refractivity contribution in [3.63, 3.8) is 0 Å². The number of halogens is 2. The largest absolute Gasteiger partial charge is 0.484 e. The molecule has 1 N–H and O–H groups in total. The highest BCUT2D eigenvalue weighted by Crippen LogP contribution is 2.25. The summed E-state index contributed by atoms with van der Waals surface area (Å²) in [4.78, 5) is 11.6. The molecule has 0 aliphatic heterocycles. The van der Waals surface area contributed by atoms with Crippen molar-refractivity contribution in [1.29, 1.82) is 0 Å². The van der Waals surface area contributed by atoms with Crippen molar-refractivity contribution in [3.05, 3.63) is 28.5 Å². The molecular formula is C15H19ClFNO2S. The number of carbonyl (C=O) groups is 1. The van der Waals surface area contributed by atoms with Gasteiger partial charge in [0.1, 0.15) is 5.82 Å². The van der Waals surface area contributed by atoms with Crippen LogP contribution in [0.15, 0.2) is 12.1 Å². The van der Waals surface area contributed by atoms with E-state index in [1.165, 1.54) is 12.1 Å². The number of rotatable bonds is 6. The second kappa shape index (κ2) is 8.29. The van der Waals surface area contributed by atoms with Crippen LogP contribution in [-0.2, 0) is 16.0 Å². The number of carbonyl (C=O) groups excluding carboxylic acids is 1. The molecule has 1 aromatic carbocycles. The fourth-order valence-electron chi connectivity index (χ4n) is 1.72. The molecule has 0 saturated carbocycles. The van der Waals surface area contributed by atoms with Gasteiger partial charge in [-0.15, -0.1) is 0 Å². The standard InChI is InChI=1S/C15H19ClFNO2S/c1-4-5-14(19)18-13-6-10(11(16)8-12(13)17)7-15(21)20-9(2)3/h6,8-9H,4-5,7H2,1-3H3,(H,18,19). The molecule has 1 amide bonds. The Labute approximate surface area is 134 Å². The van der Waals surface area contributed by atoms with Crippen molar-refractivity contribution in [3.8, 4) is 0 Å². The van der Waals surface area contributed by atoms with Crippen molar-refractivity contribution in [1.82, 2.24) is 0 Å². The third-order valence-electron chi connectivity index (χ3n) is 2.59. The zero-order valence-electron chi connectivity index (χ0n) is 12.3. The number of nitrogens with one attached hydrogen (secondary N) is 1. The fourth-order valence-corrected chi connectivity index (χ4v) is 2.29. The monoisotopic (exact) mass is 331 g/mol. The van der Waals surface area contributed by atoms with Gasteiger partial charge in [-0.25, -0.2) is 4.39 Å². The maximum absolute atomic E-state index is 13.8. The lowest BCUT2D eigenvalue weighted by Gasteiger charge is -2.13. The van der Waals surface area contributed by atoms with Crippen LogP contribution in [0.1, 0.15) is 39.2 Å². The highest BCUT2D eigenvalue weighted by Gasteiger charge is 2.13. The van der Waals surface area contributed by atoms with Crippen LogP contribution in [-0.4, -0.2) is 17.1 Å². The SMILES string of the molecule is CCCC(=O)Nc1cc(CC(=S)OC(C)C)c(Cl)cc1F. The molecule has 0 unspecified atom stereocenters. The number of amides is 1. The van der Waals surface area contributed by atoms with E-state index in [2.05, 4.69) is 5.32 Å². The Kier molecular flexibility index (Phi) is 7.05. The molecule has 0 fully saturated rings. The van der Waals surface area contributed by atoms with Gasteiger partial charge < -0.3 is 10.1 Å². The summed E-state index contributed by atoms with van der Waals surface area (Å²) >= 11 is 11.1. The molecule has 0 heterocycles. The summed E-state index contributed by atoms with van der Waals surface area (Å²) in [7, 11) is 0. The van der Waals surface area contributed by atoms with E-state index in [1.54, 1.807) is 0 Å². The van der Waals surface area contributed by atoms with Gasteiger partial charge in [0.25, 0.3) is 0 Å². The van der Waals surface area contributed by atoms with Gasteiger partial charge in [0.2, 0.25) is 5.91 Å². The van der Waals surface area contributed by atoms with Crippen molar-refractivity contribution >= 4 is 40.5 Å². The Morgan fingerprint density at radius 1 is 1.48 bits per heavy atom. The summed E-state index contributed by atoms with van der Waals surface area (Å²) < 4.78 is 19.2. The molecule has 0 atom stereocenters. The molecule has 116 valence electrons. The Balaban J connectivity index is 2.90. The second-order valence-electron chi connectivity index (χ2n) is 4.94. The molecule has 0 aliphatic carbocycles. The minimum atomic E-state index is -0.566. The van der Waals surface area contributed by atoms with E-state index in [9.17, 15) is 9.18 Å². The first kappa shape index (κ1) is 17.9. The minimum absolute atomic E-state index is 0.0274. The normalized spacial score (nSPS) is 10.6. The third kappa shape index (κ3) is 5.98. The maximum atomic E-state index is 13.8. The third-order valence-corrected chi connectivity index (χ3v) is 3.18. The summed E-state index contributed by atoms with van der Waals surface area (Å²) in [5.41, 5.74) is 0.732. The van der Waals surface area contributed by atoms with Crippen LogP contribution in [0.5, 0.6) is 0 Å². The number of benzene rings is 1. The molecule has 6 heteroatoms. The van der Waals surface area contributed by atoms with Crippen molar-refractivity contribution in [2.75, 3.05) is 5.32 Å². The predicted molar refractivity (Wildman–Crippen MR) is 87.5 cm³/mol. The van der Waals surface area contributed by atoms with Gasteiger partial charge in [-0.1, -0.05) is 18.5 Å². The molecule has 0 spiro atoms. The van der Waals surface area contributed by atoms with Gasteiger partial charge in [0.15, 0.2) is 5.05 Å². The first-order valence-electron chi connectivity index (χ1n) is 6.80. The Morgan fingerprint density at radius 3 is 2.71 bits per heavy atom. The second-order valence-corrected chi connectivity index (χ2v) is 5.80. The average Bonchev–Trinajstić information content (AvgIpc) is 2.34. The summed E-state index contributed by atoms with van der Waals surface area (Å²) in [6.07, 6.45) is 1.30. The van der Waals surface area contributed by atoms with E-state index in [4.69, 9.17) is 28.6 Å². The molecular weight excluding hydrogens is 313 g/mol. The van der Waals surface area contributed by atoms with Crippen LogP contribution >= 0.6 is 23.8 Å². The molecule has 1 rings (SSSR count). The molecule has 0 aliphatic rings. The molecule has 0 bridgehead atoms. The fraction of sp³-hybridized carbons (Fsp3) is 0.467. The Morgan fingerprint density at radius 2 is 2.14 bits per heavy atom. The molecule has 21 heavy (non-hydrogen) atoms. The van der Waals surface area contributed by atoms with E-state index < -0.39 is 5.82 Å². The van der Waals surface area contributed by atoms with E-state index in [0.717, 1.165) is 0 Å². The van der Waals surface area contributed by atoms with Gasteiger partial charge in [0.05, 0.1) is 11.8 Å². The topological polar surface area (TPSA) is 38.3 Å². The summed E-state index contributed by atoms with van der Waals surface area (Å²) in [6.45, 7) is 5.62. The Hall–Kier alpha value is -1.20. The summed E-state index contributed by atoms with van der Waals surface area (Å²) in [6, 6.07) is 2.68. The van der Waals surface area contributed by atoms with Crippen LogP contribution in [0.25, 0.3) is 0 Å². The van der Waals surface area contributed by atoms with E-state index in [1.807, 2.05) is 20.8 Å². The van der Waals surface area contributed by atoms with Crippen molar-refractivity contribution in [2.45, 2.75) is 46.1 Å². The predicted octanol–water partition coefficient (Wildman–Crippen LogP) is 4.51. The van der Waals surface area contributed by atoms with Gasteiger partial charge in [-0.05, 0) is 50.2 Å². The van der Waals surface area contributed by atoms with Crippen LogP contribution in [0.3, 0.4) is 0 Å². The van der Waals surface area contributed by atoms with Crippen LogP contribution in [0, 0.1) is 5.82 Å². The molecule has 3 nitrogen and oxygen atoms in total. The quantitative estimate of drug-likeness (QED) is 0.779.